The lowest BCUT2D eigenvalue weighted by atomic mass is 10.2. The highest BCUT2D eigenvalue weighted by atomic mass is 19.4. The number of hydrogen-bond acceptors (Lipinski definition) is 5. The summed E-state index contributed by atoms with van der Waals surface area (Å²) in [6.07, 6.45) is -20.3. The molecule has 0 aliphatic rings. The van der Waals surface area contributed by atoms with E-state index < -0.39 is 81.1 Å². The van der Waals surface area contributed by atoms with Gasteiger partial charge in [0.25, 0.3) is 0 Å². The van der Waals surface area contributed by atoms with Crippen molar-refractivity contribution >= 4 is 11.9 Å². The van der Waals surface area contributed by atoms with E-state index in [9.17, 15) is 53.5 Å². The second-order valence-corrected chi connectivity index (χ2v) is 5.38. The zero-order chi connectivity index (χ0) is 22.4. The molecule has 5 nitrogen and oxygen atoms in total. The molecule has 166 valence electrons. The number of carbonyl (C=O) groups is 2. The van der Waals surface area contributed by atoms with Crippen molar-refractivity contribution in [2.45, 2.75) is 56.0 Å². The van der Waals surface area contributed by atoms with Gasteiger partial charge in [0.1, 0.15) is 6.61 Å². The third kappa shape index (κ3) is 8.48. The molecule has 0 heterocycles. The summed E-state index contributed by atoms with van der Waals surface area (Å²) >= 11 is 0. The molecule has 0 fully saturated rings. The van der Waals surface area contributed by atoms with E-state index in [0.29, 0.717) is 0 Å². The Morgan fingerprint density at radius 3 is 1.50 bits per heavy atom. The van der Waals surface area contributed by atoms with Crippen molar-refractivity contribution in [3.8, 4) is 0 Å². The molecule has 0 spiro atoms. The van der Waals surface area contributed by atoms with Gasteiger partial charge in [0.2, 0.25) is 0 Å². The highest BCUT2D eigenvalue weighted by Crippen LogP contribution is 2.39. The standard InChI is InChI=1S/C13H14F10O5/c14-10(15,12(18,19)20)3-1-8(25)27-6-7(5-24)28-9(26)2-4-11(16,17)13(21,22)23/h7,24H,1-6H2/t7-/m1/s1. The Kier molecular flexibility index (Phi) is 8.99. The molecule has 0 radical (unpaired) electrons. The van der Waals surface area contributed by atoms with Crippen LogP contribution in [0.1, 0.15) is 25.7 Å². The molecule has 0 bridgehead atoms. The number of esters is 2. The average molecular weight is 440 g/mol. The molecule has 1 atom stereocenters. The van der Waals surface area contributed by atoms with Crippen LogP contribution >= 0.6 is 0 Å². The normalized spacial score (nSPS) is 14.5. The van der Waals surface area contributed by atoms with Gasteiger partial charge in [-0.2, -0.15) is 43.9 Å². The summed E-state index contributed by atoms with van der Waals surface area (Å²) < 4.78 is 130. The quantitative estimate of drug-likeness (QED) is 0.417. The zero-order valence-corrected chi connectivity index (χ0v) is 13.7. The van der Waals surface area contributed by atoms with Gasteiger partial charge in [0, 0.05) is 12.8 Å². The molecule has 0 saturated carbocycles. The third-order valence-electron chi connectivity index (χ3n) is 3.05. The summed E-state index contributed by atoms with van der Waals surface area (Å²) in [5.74, 6) is -13.6. The van der Waals surface area contributed by atoms with Crippen LogP contribution in [0.25, 0.3) is 0 Å². The Balaban J connectivity index is 4.41. The number of hydrogen-bond donors (Lipinski definition) is 1. The molecule has 28 heavy (non-hydrogen) atoms. The first-order chi connectivity index (χ1) is 12.4. The summed E-state index contributed by atoms with van der Waals surface area (Å²) in [6, 6.07) is 0. The largest absolute Gasteiger partial charge is 0.462 e. The lowest BCUT2D eigenvalue weighted by Gasteiger charge is -2.20. The van der Waals surface area contributed by atoms with E-state index in [1.54, 1.807) is 0 Å². The minimum atomic E-state index is -5.91. The molecule has 0 rings (SSSR count). The van der Waals surface area contributed by atoms with Crippen molar-refractivity contribution in [1.82, 2.24) is 0 Å². The van der Waals surface area contributed by atoms with Gasteiger partial charge < -0.3 is 14.6 Å². The van der Waals surface area contributed by atoms with Gasteiger partial charge in [-0.05, 0) is 0 Å². The van der Waals surface area contributed by atoms with Crippen LogP contribution in [0, 0.1) is 0 Å². The predicted octanol–water partition coefficient (Wildman–Crippen LogP) is 3.39. The lowest BCUT2D eigenvalue weighted by molar-refractivity contribution is -0.284. The van der Waals surface area contributed by atoms with E-state index in [1.165, 1.54) is 0 Å². The number of aliphatic hydroxyl groups excluding tert-OH is 1. The molecular formula is C13H14F10O5. The minimum absolute atomic E-state index is 1.05. The van der Waals surface area contributed by atoms with Crippen LogP contribution < -0.4 is 0 Å². The summed E-state index contributed by atoms with van der Waals surface area (Å²) in [5.41, 5.74) is 0. The number of ether oxygens (including phenoxy) is 2. The van der Waals surface area contributed by atoms with Crippen molar-refractivity contribution in [3.05, 3.63) is 0 Å². The van der Waals surface area contributed by atoms with Gasteiger partial charge in [-0.15, -0.1) is 0 Å². The molecule has 0 unspecified atom stereocenters. The van der Waals surface area contributed by atoms with Crippen LogP contribution in [0.4, 0.5) is 43.9 Å². The fourth-order valence-electron chi connectivity index (χ4n) is 1.43. The maximum absolute atomic E-state index is 12.6. The van der Waals surface area contributed by atoms with E-state index >= 15 is 0 Å². The monoisotopic (exact) mass is 440 g/mol. The maximum atomic E-state index is 12.6. The smallest absolute Gasteiger partial charge is 0.453 e. The van der Waals surface area contributed by atoms with Crippen LogP contribution in [-0.2, 0) is 19.1 Å². The molecule has 0 aromatic heterocycles. The van der Waals surface area contributed by atoms with Gasteiger partial charge in [0.15, 0.2) is 6.10 Å². The summed E-state index contributed by atoms with van der Waals surface area (Å²) in [5, 5.41) is 8.85. The Bertz CT molecular complexity index is 529. The molecule has 0 aromatic carbocycles. The molecule has 0 aliphatic heterocycles. The molecular weight excluding hydrogens is 426 g/mol. The first kappa shape index (κ1) is 26.2. The number of carbonyl (C=O) groups excluding carboxylic acids is 2. The summed E-state index contributed by atoms with van der Waals surface area (Å²) in [7, 11) is 0. The molecule has 1 N–H and O–H groups in total. The topological polar surface area (TPSA) is 72.8 Å². The number of alkyl halides is 10. The van der Waals surface area contributed by atoms with Crippen LogP contribution in [0.5, 0.6) is 0 Å². The number of aliphatic hydroxyl groups is 1. The van der Waals surface area contributed by atoms with Gasteiger partial charge in [0.05, 0.1) is 19.4 Å². The van der Waals surface area contributed by atoms with Crippen molar-refractivity contribution in [3.63, 3.8) is 0 Å². The highest BCUT2D eigenvalue weighted by molar-refractivity contribution is 5.70. The highest BCUT2D eigenvalue weighted by Gasteiger charge is 2.57. The van der Waals surface area contributed by atoms with E-state index in [2.05, 4.69) is 9.47 Å². The lowest BCUT2D eigenvalue weighted by Crippen LogP contribution is -2.37. The van der Waals surface area contributed by atoms with Crippen LogP contribution in [0.2, 0.25) is 0 Å². The first-order valence-electron chi connectivity index (χ1n) is 7.28. The maximum Gasteiger partial charge on any atom is 0.453 e. The Labute approximate surface area is 150 Å². The SMILES string of the molecule is O=C(CCC(F)(F)C(F)(F)F)OC[C@@H](CO)OC(=O)CCC(F)(F)C(F)(F)F. The summed E-state index contributed by atoms with van der Waals surface area (Å²) in [6.45, 7) is -2.15. The second-order valence-electron chi connectivity index (χ2n) is 5.38. The van der Waals surface area contributed by atoms with Crippen molar-refractivity contribution in [1.29, 1.82) is 0 Å². The van der Waals surface area contributed by atoms with Crippen LogP contribution in [0.15, 0.2) is 0 Å². The Hall–Kier alpha value is -1.80. The number of halogens is 10. The molecule has 0 saturated heterocycles. The van der Waals surface area contributed by atoms with Gasteiger partial charge in [-0.25, -0.2) is 0 Å². The van der Waals surface area contributed by atoms with Gasteiger partial charge in [-0.3, -0.25) is 9.59 Å². The third-order valence-corrected chi connectivity index (χ3v) is 3.05. The van der Waals surface area contributed by atoms with Gasteiger partial charge in [-0.1, -0.05) is 0 Å². The predicted molar refractivity (Wildman–Crippen MR) is 68.4 cm³/mol. The van der Waals surface area contributed by atoms with Crippen molar-refractivity contribution < 1.29 is 68.1 Å². The molecule has 15 heteroatoms. The van der Waals surface area contributed by atoms with E-state index in [0.717, 1.165) is 0 Å². The second kappa shape index (κ2) is 9.60. The molecule has 0 aromatic rings. The number of rotatable bonds is 10. The fourth-order valence-corrected chi connectivity index (χ4v) is 1.43. The fraction of sp³-hybridized carbons (Fsp3) is 0.846. The Morgan fingerprint density at radius 2 is 1.14 bits per heavy atom. The van der Waals surface area contributed by atoms with E-state index in [-0.39, 0.29) is 0 Å². The van der Waals surface area contributed by atoms with E-state index in [4.69, 9.17) is 5.11 Å². The van der Waals surface area contributed by atoms with Crippen molar-refractivity contribution in [2.24, 2.45) is 0 Å². The summed E-state index contributed by atoms with van der Waals surface area (Å²) in [4.78, 5) is 22.3. The van der Waals surface area contributed by atoms with Crippen LogP contribution in [0.3, 0.4) is 0 Å². The molecule has 0 amide bonds. The Morgan fingerprint density at radius 1 is 0.750 bits per heavy atom. The van der Waals surface area contributed by atoms with E-state index in [1.807, 2.05) is 0 Å². The zero-order valence-electron chi connectivity index (χ0n) is 13.7. The first-order valence-corrected chi connectivity index (χ1v) is 7.28. The van der Waals surface area contributed by atoms with Gasteiger partial charge >= 0.3 is 36.1 Å². The van der Waals surface area contributed by atoms with Crippen molar-refractivity contribution in [2.75, 3.05) is 13.2 Å². The average Bonchev–Trinajstić information content (AvgIpc) is 2.52. The van der Waals surface area contributed by atoms with Crippen LogP contribution in [-0.4, -0.2) is 60.6 Å². The minimum Gasteiger partial charge on any atom is -0.462 e. The molecule has 0 aliphatic carbocycles.